The Morgan fingerprint density at radius 2 is 1.88 bits per heavy atom. The first-order chi connectivity index (χ1) is 12.3. The van der Waals surface area contributed by atoms with Gasteiger partial charge in [0, 0.05) is 17.3 Å². The van der Waals surface area contributed by atoms with Crippen LogP contribution < -0.4 is 5.32 Å². The van der Waals surface area contributed by atoms with Gasteiger partial charge in [0.25, 0.3) is 0 Å². The Labute approximate surface area is 148 Å². The van der Waals surface area contributed by atoms with Crippen LogP contribution in [0.3, 0.4) is 0 Å². The van der Waals surface area contributed by atoms with Crippen molar-refractivity contribution in [2.75, 3.05) is 5.32 Å². The van der Waals surface area contributed by atoms with Gasteiger partial charge in [-0.15, -0.1) is 11.3 Å². The van der Waals surface area contributed by atoms with Gasteiger partial charge in [-0.25, -0.2) is 4.98 Å². The van der Waals surface area contributed by atoms with E-state index >= 15 is 0 Å². The summed E-state index contributed by atoms with van der Waals surface area (Å²) in [6, 6.07) is 19.3. The van der Waals surface area contributed by atoms with Gasteiger partial charge < -0.3 is 9.73 Å². The molecular formula is C20H14N2O2S. The Hall–Kier alpha value is -3.18. The molecule has 4 rings (SSSR count). The number of para-hydroxylation sites is 1. The first kappa shape index (κ1) is 15.4. The smallest absolute Gasteiger partial charge is 0.248 e. The number of hydrogen-bond acceptors (Lipinski definition) is 4. The summed E-state index contributed by atoms with van der Waals surface area (Å²) in [4.78, 5) is 16.6. The van der Waals surface area contributed by atoms with Crippen LogP contribution in [0.25, 0.3) is 26.9 Å². The zero-order valence-electron chi connectivity index (χ0n) is 13.2. The summed E-state index contributed by atoms with van der Waals surface area (Å²) in [5.74, 6) is 0.436. The van der Waals surface area contributed by atoms with E-state index in [1.807, 2.05) is 42.5 Å². The lowest BCUT2D eigenvalue weighted by Gasteiger charge is -2.03. The maximum Gasteiger partial charge on any atom is 0.248 e. The van der Waals surface area contributed by atoms with Crippen molar-refractivity contribution >= 4 is 39.2 Å². The molecule has 0 saturated heterocycles. The second-order valence-electron chi connectivity index (χ2n) is 5.40. The quantitative estimate of drug-likeness (QED) is 0.516. The van der Waals surface area contributed by atoms with Crippen molar-refractivity contribution in [1.29, 1.82) is 0 Å². The molecule has 0 unspecified atom stereocenters. The highest BCUT2D eigenvalue weighted by molar-refractivity contribution is 7.21. The minimum absolute atomic E-state index is 0.205. The number of amides is 1. The third-order valence-electron chi connectivity index (χ3n) is 3.64. The van der Waals surface area contributed by atoms with Crippen LogP contribution in [-0.2, 0) is 4.79 Å². The first-order valence-corrected chi connectivity index (χ1v) is 8.58. The van der Waals surface area contributed by atoms with Crippen LogP contribution in [0.1, 0.15) is 5.76 Å². The van der Waals surface area contributed by atoms with Gasteiger partial charge in [-0.3, -0.25) is 4.79 Å². The standard InChI is InChI=1S/C20H14N2O2S/c23-19(12-11-16-4-3-13-24-16)21-15-9-7-14(8-10-15)20-22-17-5-1-2-6-18(17)25-20/h1-13H,(H,21,23)/b12-11+. The highest BCUT2D eigenvalue weighted by atomic mass is 32.1. The number of benzene rings is 2. The Morgan fingerprint density at radius 3 is 2.64 bits per heavy atom. The van der Waals surface area contributed by atoms with Crippen molar-refractivity contribution in [3.8, 4) is 10.6 Å². The topological polar surface area (TPSA) is 55.1 Å². The summed E-state index contributed by atoms with van der Waals surface area (Å²) in [6.07, 6.45) is 4.64. The number of carbonyl (C=O) groups excluding carboxylic acids is 1. The average Bonchev–Trinajstić information content (AvgIpc) is 3.30. The molecule has 4 nitrogen and oxygen atoms in total. The van der Waals surface area contributed by atoms with E-state index in [4.69, 9.17) is 4.42 Å². The molecule has 25 heavy (non-hydrogen) atoms. The van der Waals surface area contributed by atoms with Crippen LogP contribution in [0.4, 0.5) is 5.69 Å². The molecule has 122 valence electrons. The largest absolute Gasteiger partial charge is 0.465 e. The molecule has 1 amide bonds. The number of fused-ring (bicyclic) bond motifs is 1. The molecular weight excluding hydrogens is 332 g/mol. The molecule has 0 fully saturated rings. The van der Waals surface area contributed by atoms with Crippen molar-refractivity contribution in [1.82, 2.24) is 4.98 Å². The maximum atomic E-state index is 11.9. The van der Waals surface area contributed by atoms with E-state index < -0.39 is 0 Å². The van der Waals surface area contributed by atoms with Crippen molar-refractivity contribution in [2.24, 2.45) is 0 Å². The molecule has 2 aromatic heterocycles. The van der Waals surface area contributed by atoms with E-state index in [9.17, 15) is 4.79 Å². The average molecular weight is 346 g/mol. The second-order valence-corrected chi connectivity index (χ2v) is 6.43. The summed E-state index contributed by atoms with van der Waals surface area (Å²) in [5, 5.41) is 3.79. The molecule has 0 spiro atoms. The minimum atomic E-state index is -0.205. The highest BCUT2D eigenvalue weighted by Crippen LogP contribution is 2.30. The van der Waals surface area contributed by atoms with E-state index in [2.05, 4.69) is 16.4 Å². The van der Waals surface area contributed by atoms with Crippen molar-refractivity contribution in [2.45, 2.75) is 0 Å². The van der Waals surface area contributed by atoms with Crippen molar-refractivity contribution in [3.63, 3.8) is 0 Å². The number of carbonyl (C=O) groups is 1. The molecule has 2 aromatic carbocycles. The number of nitrogens with zero attached hydrogens (tertiary/aromatic N) is 1. The Bertz CT molecular complexity index is 998. The number of furan rings is 1. The SMILES string of the molecule is O=C(/C=C/c1ccco1)Nc1ccc(-c2nc3ccccc3s2)cc1. The van der Waals surface area contributed by atoms with E-state index in [1.54, 1.807) is 35.8 Å². The third kappa shape index (κ3) is 3.51. The number of nitrogens with one attached hydrogen (secondary N) is 1. The van der Waals surface area contributed by atoms with Crippen LogP contribution in [0.2, 0.25) is 0 Å². The summed E-state index contributed by atoms with van der Waals surface area (Å²) < 4.78 is 6.32. The Balaban J connectivity index is 1.47. The van der Waals surface area contributed by atoms with Crippen molar-refractivity contribution in [3.05, 3.63) is 78.8 Å². The normalized spacial score (nSPS) is 11.2. The number of aromatic nitrogens is 1. The first-order valence-electron chi connectivity index (χ1n) is 7.76. The van der Waals surface area contributed by atoms with Gasteiger partial charge in [0.05, 0.1) is 16.5 Å². The predicted molar refractivity (Wildman–Crippen MR) is 101 cm³/mol. The summed E-state index contributed by atoms with van der Waals surface area (Å²) in [5.41, 5.74) is 2.77. The predicted octanol–water partition coefficient (Wildman–Crippen LogP) is 5.21. The van der Waals surface area contributed by atoms with Gasteiger partial charge in [-0.05, 0) is 54.6 Å². The molecule has 0 aliphatic rings. The molecule has 2 heterocycles. The second kappa shape index (κ2) is 6.75. The third-order valence-corrected chi connectivity index (χ3v) is 4.72. The molecule has 0 atom stereocenters. The fraction of sp³-hybridized carbons (Fsp3) is 0. The molecule has 5 heteroatoms. The maximum absolute atomic E-state index is 11.9. The number of hydrogen-bond donors (Lipinski definition) is 1. The molecule has 0 saturated carbocycles. The van der Waals surface area contributed by atoms with Gasteiger partial charge in [0.2, 0.25) is 5.91 Å². The monoisotopic (exact) mass is 346 g/mol. The van der Waals surface area contributed by atoms with Crippen LogP contribution >= 0.6 is 11.3 Å². The Kier molecular flexibility index (Phi) is 4.14. The zero-order valence-corrected chi connectivity index (χ0v) is 14.0. The van der Waals surface area contributed by atoms with E-state index in [-0.39, 0.29) is 5.91 Å². The van der Waals surface area contributed by atoms with Crippen molar-refractivity contribution < 1.29 is 9.21 Å². The van der Waals surface area contributed by atoms with E-state index in [0.29, 0.717) is 5.76 Å². The van der Waals surface area contributed by atoms with Gasteiger partial charge in [-0.2, -0.15) is 0 Å². The van der Waals surface area contributed by atoms with Crippen LogP contribution in [0.15, 0.2) is 77.4 Å². The zero-order chi connectivity index (χ0) is 17.1. The molecule has 4 aromatic rings. The van der Waals surface area contributed by atoms with Gasteiger partial charge in [0.1, 0.15) is 10.8 Å². The van der Waals surface area contributed by atoms with Crippen LogP contribution in [-0.4, -0.2) is 10.9 Å². The number of thiazole rings is 1. The minimum Gasteiger partial charge on any atom is -0.465 e. The molecule has 0 radical (unpaired) electrons. The molecule has 1 N–H and O–H groups in total. The lowest BCUT2D eigenvalue weighted by Crippen LogP contribution is -2.07. The van der Waals surface area contributed by atoms with Gasteiger partial charge in [-0.1, -0.05) is 12.1 Å². The van der Waals surface area contributed by atoms with Gasteiger partial charge >= 0.3 is 0 Å². The van der Waals surface area contributed by atoms with Gasteiger partial charge in [0.15, 0.2) is 0 Å². The number of rotatable bonds is 4. The molecule has 0 aliphatic heterocycles. The number of anilines is 1. The van der Waals surface area contributed by atoms with Crippen LogP contribution in [0, 0.1) is 0 Å². The summed E-state index contributed by atoms with van der Waals surface area (Å²) in [7, 11) is 0. The Morgan fingerprint density at radius 1 is 1.04 bits per heavy atom. The summed E-state index contributed by atoms with van der Waals surface area (Å²) in [6.45, 7) is 0. The molecule has 0 aliphatic carbocycles. The fourth-order valence-corrected chi connectivity index (χ4v) is 3.39. The van der Waals surface area contributed by atoms with E-state index in [0.717, 1.165) is 26.5 Å². The van der Waals surface area contributed by atoms with E-state index in [1.165, 1.54) is 6.08 Å². The van der Waals surface area contributed by atoms with Crippen LogP contribution in [0.5, 0.6) is 0 Å². The molecule has 0 bridgehead atoms. The fourth-order valence-electron chi connectivity index (χ4n) is 2.42. The lowest BCUT2D eigenvalue weighted by molar-refractivity contribution is -0.111. The lowest BCUT2D eigenvalue weighted by atomic mass is 10.2. The highest BCUT2D eigenvalue weighted by Gasteiger charge is 2.06. The summed E-state index contributed by atoms with van der Waals surface area (Å²) >= 11 is 1.66.